The smallest absolute Gasteiger partial charge is 0.306 e. The van der Waals surface area contributed by atoms with Gasteiger partial charge in [-0.25, -0.2) is 0 Å². The molecule has 1 unspecified atom stereocenters. The molecule has 0 spiro atoms. The molecular formula is C71H124O6. The highest BCUT2D eigenvalue weighted by Crippen LogP contribution is 2.17. The fourth-order valence-corrected chi connectivity index (χ4v) is 9.48. The molecule has 77 heavy (non-hydrogen) atoms. The van der Waals surface area contributed by atoms with Crippen molar-refractivity contribution in [3.63, 3.8) is 0 Å². The van der Waals surface area contributed by atoms with E-state index in [9.17, 15) is 14.4 Å². The molecule has 0 heterocycles. The zero-order chi connectivity index (χ0) is 55.7. The number of allylic oxidation sites excluding steroid dienone is 14. The summed E-state index contributed by atoms with van der Waals surface area (Å²) in [5.41, 5.74) is 0. The Labute approximate surface area is 477 Å². The number of carbonyl (C=O) groups is 3. The van der Waals surface area contributed by atoms with E-state index in [0.29, 0.717) is 19.3 Å². The van der Waals surface area contributed by atoms with Crippen LogP contribution in [0.5, 0.6) is 0 Å². The van der Waals surface area contributed by atoms with E-state index in [2.05, 4.69) is 106 Å². The lowest BCUT2D eigenvalue weighted by atomic mass is 10.0. The molecule has 1 atom stereocenters. The minimum Gasteiger partial charge on any atom is -0.462 e. The van der Waals surface area contributed by atoms with Crippen LogP contribution < -0.4 is 0 Å². The number of hydrogen-bond acceptors (Lipinski definition) is 6. The van der Waals surface area contributed by atoms with Crippen LogP contribution in [0, 0.1) is 0 Å². The van der Waals surface area contributed by atoms with Crippen molar-refractivity contribution in [3.05, 3.63) is 85.1 Å². The average molecular weight is 1070 g/mol. The van der Waals surface area contributed by atoms with Gasteiger partial charge >= 0.3 is 17.9 Å². The van der Waals surface area contributed by atoms with Gasteiger partial charge in [-0.3, -0.25) is 14.4 Å². The fraction of sp³-hybridized carbons (Fsp3) is 0.761. The summed E-state index contributed by atoms with van der Waals surface area (Å²) in [4.78, 5) is 38.0. The summed E-state index contributed by atoms with van der Waals surface area (Å²) in [5, 5.41) is 0. The summed E-state index contributed by atoms with van der Waals surface area (Å²) < 4.78 is 16.8. The zero-order valence-corrected chi connectivity index (χ0v) is 51.0. The van der Waals surface area contributed by atoms with E-state index in [-0.39, 0.29) is 31.1 Å². The van der Waals surface area contributed by atoms with Gasteiger partial charge in [0.2, 0.25) is 0 Å². The lowest BCUT2D eigenvalue weighted by molar-refractivity contribution is -0.167. The first-order valence-corrected chi connectivity index (χ1v) is 33.1. The van der Waals surface area contributed by atoms with Crippen LogP contribution in [0.25, 0.3) is 0 Å². The molecule has 0 aliphatic heterocycles. The third kappa shape index (κ3) is 63.3. The molecule has 444 valence electrons. The Hall–Kier alpha value is -3.41. The standard InChI is InChI=1S/C71H124O6/c1-4-7-10-13-16-18-20-22-24-26-28-30-31-32-33-34-35-36-37-38-39-40-41-42-44-45-47-49-51-53-55-58-61-64-70(73)76-67-68(66-75-69(72)63-60-57-15-12-9-6-3)77-71(74)65-62-59-56-54-52-50-48-46-43-29-27-25-23-21-19-17-14-11-8-5-2/h7,10,16,18,22,24,28,30,32-33,35-36,38-39,68H,4-6,8-9,11-15,17,19-21,23,25-27,29,31,34,37,40-67H2,1-3H3/b10-7-,18-16-,24-22-,30-28-,33-32-,36-35-,39-38-. The second-order valence-electron chi connectivity index (χ2n) is 22.0. The van der Waals surface area contributed by atoms with Crippen LogP contribution >= 0.6 is 0 Å². The van der Waals surface area contributed by atoms with Crippen LogP contribution in [0.15, 0.2) is 85.1 Å². The number of rotatable bonds is 60. The average Bonchev–Trinajstić information content (AvgIpc) is 3.43. The molecule has 0 aliphatic carbocycles. The van der Waals surface area contributed by atoms with E-state index in [4.69, 9.17) is 14.2 Å². The van der Waals surface area contributed by atoms with Gasteiger partial charge < -0.3 is 14.2 Å². The first-order chi connectivity index (χ1) is 38.0. The Kier molecular flexibility index (Phi) is 62.2. The molecule has 0 fully saturated rings. The second-order valence-corrected chi connectivity index (χ2v) is 22.0. The predicted octanol–water partition coefficient (Wildman–Crippen LogP) is 22.7. The van der Waals surface area contributed by atoms with Gasteiger partial charge in [0.1, 0.15) is 13.2 Å². The van der Waals surface area contributed by atoms with E-state index in [1.54, 1.807) is 0 Å². The molecular weight excluding hydrogens is 949 g/mol. The number of carbonyl (C=O) groups excluding carboxylic acids is 3. The van der Waals surface area contributed by atoms with E-state index in [1.807, 2.05) is 0 Å². The van der Waals surface area contributed by atoms with Crippen molar-refractivity contribution in [1.29, 1.82) is 0 Å². The van der Waals surface area contributed by atoms with Crippen LogP contribution in [-0.4, -0.2) is 37.2 Å². The quantitative estimate of drug-likeness (QED) is 0.0261. The molecule has 0 bridgehead atoms. The van der Waals surface area contributed by atoms with Crippen molar-refractivity contribution in [2.24, 2.45) is 0 Å². The Morgan fingerprint density at radius 2 is 0.506 bits per heavy atom. The summed E-state index contributed by atoms with van der Waals surface area (Å²) in [5.74, 6) is -0.870. The summed E-state index contributed by atoms with van der Waals surface area (Å²) in [6.45, 7) is 6.50. The van der Waals surface area contributed by atoms with Gasteiger partial charge in [0.25, 0.3) is 0 Å². The van der Waals surface area contributed by atoms with E-state index >= 15 is 0 Å². The minimum atomic E-state index is -0.772. The maximum Gasteiger partial charge on any atom is 0.306 e. The lowest BCUT2D eigenvalue weighted by Crippen LogP contribution is -2.30. The number of esters is 3. The molecule has 0 N–H and O–H groups in total. The Morgan fingerprint density at radius 3 is 0.792 bits per heavy atom. The van der Waals surface area contributed by atoms with Gasteiger partial charge in [0, 0.05) is 19.3 Å². The Bertz CT molecular complexity index is 1470. The van der Waals surface area contributed by atoms with Crippen molar-refractivity contribution in [2.75, 3.05) is 13.2 Å². The maximum absolute atomic E-state index is 12.8. The highest BCUT2D eigenvalue weighted by molar-refractivity contribution is 5.71. The Balaban J connectivity index is 4.04. The highest BCUT2D eigenvalue weighted by atomic mass is 16.6. The normalized spacial score (nSPS) is 12.6. The van der Waals surface area contributed by atoms with Crippen molar-refractivity contribution in [1.82, 2.24) is 0 Å². The number of ether oxygens (including phenoxy) is 3. The van der Waals surface area contributed by atoms with Crippen molar-refractivity contribution in [3.8, 4) is 0 Å². The molecule has 0 aromatic rings. The molecule has 6 nitrogen and oxygen atoms in total. The van der Waals surface area contributed by atoms with E-state index in [0.717, 1.165) is 103 Å². The molecule has 0 saturated heterocycles. The summed E-state index contributed by atoms with van der Waals surface area (Å²) in [6.07, 6.45) is 86.3. The Morgan fingerprint density at radius 1 is 0.273 bits per heavy atom. The predicted molar refractivity (Wildman–Crippen MR) is 334 cm³/mol. The molecule has 0 saturated carbocycles. The van der Waals surface area contributed by atoms with Crippen LogP contribution in [0.4, 0.5) is 0 Å². The monoisotopic (exact) mass is 1070 g/mol. The van der Waals surface area contributed by atoms with Crippen molar-refractivity contribution < 1.29 is 28.6 Å². The van der Waals surface area contributed by atoms with E-state index in [1.165, 1.54) is 186 Å². The molecule has 6 heteroatoms. The third-order valence-electron chi connectivity index (χ3n) is 14.4. The third-order valence-corrected chi connectivity index (χ3v) is 14.4. The van der Waals surface area contributed by atoms with Gasteiger partial charge in [-0.1, -0.05) is 318 Å². The summed E-state index contributed by atoms with van der Waals surface area (Å²) in [7, 11) is 0. The van der Waals surface area contributed by atoms with Crippen LogP contribution in [0.2, 0.25) is 0 Å². The first-order valence-electron chi connectivity index (χ1n) is 33.1. The highest BCUT2D eigenvalue weighted by Gasteiger charge is 2.19. The van der Waals surface area contributed by atoms with E-state index < -0.39 is 6.10 Å². The van der Waals surface area contributed by atoms with Gasteiger partial charge in [-0.15, -0.1) is 0 Å². The molecule has 0 radical (unpaired) electrons. The lowest BCUT2D eigenvalue weighted by Gasteiger charge is -2.18. The summed E-state index contributed by atoms with van der Waals surface area (Å²) >= 11 is 0. The zero-order valence-electron chi connectivity index (χ0n) is 51.0. The first kappa shape index (κ1) is 73.6. The van der Waals surface area contributed by atoms with Crippen molar-refractivity contribution in [2.45, 2.75) is 335 Å². The molecule has 0 aromatic heterocycles. The molecule has 0 rings (SSSR count). The summed E-state index contributed by atoms with van der Waals surface area (Å²) in [6, 6.07) is 0. The largest absolute Gasteiger partial charge is 0.462 e. The molecule has 0 amide bonds. The van der Waals surface area contributed by atoms with Gasteiger partial charge in [-0.2, -0.15) is 0 Å². The van der Waals surface area contributed by atoms with Crippen LogP contribution in [0.3, 0.4) is 0 Å². The van der Waals surface area contributed by atoms with Crippen LogP contribution in [-0.2, 0) is 28.6 Å². The van der Waals surface area contributed by atoms with Gasteiger partial charge in [0.15, 0.2) is 6.10 Å². The molecule has 0 aromatic carbocycles. The maximum atomic E-state index is 12.8. The second kappa shape index (κ2) is 65.1. The number of hydrogen-bond donors (Lipinski definition) is 0. The van der Waals surface area contributed by atoms with Gasteiger partial charge in [0.05, 0.1) is 0 Å². The van der Waals surface area contributed by atoms with Crippen LogP contribution in [0.1, 0.15) is 329 Å². The van der Waals surface area contributed by atoms with Gasteiger partial charge in [-0.05, 0) is 77.0 Å². The topological polar surface area (TPSA) is 78.9 Å². The van der Waals surface area contributed by atoms with Crippen molar-refractivity contribution >= 4 is 17.9 Å². The molecule has 0 aliphatic rings. The SMILES string of the molecule is CC/C=C\C/C=C\C/C=C\C/C=C\C/C=C\C/C=C\C/C=C\CCCCCCCCCCCCCC(=O)OCC(COC(=O)CCCCCCCC)OC(=O)CCCCCCCCCCCCCCCCCCCCCC. The fourth-order valence-electron chi connectivity index (χ4n) is 9.48. The minimum absolute atomic E-state index is 0.0728. The number of unbranched alkanes of at least 4 members (excludes halogenated alkanes) is 35.